The van der Waals surface area contributed by atoms with Crippen LogP contribution in [0.1, 0.15) is 41.6 Å². The van der Waals surface area contributed by atoms with Gasteiger partial charge in [0, 0.05) is 16.0 Å². The molecule has 3 nitrogen and oxygen atoms in total. The van der Waals surface area contributed by atoms with Crippen molar-refractivity contribution in [1.29, 1.82) is 0 Å². The zero-order chi connectivity index (χ0) is 16.0. The van der Waals surface area contributed by atoms with E-state index in [1.54, 1.807) is 0 Å². The maximum atomic E-state index is 12.3. The molecule has 4 rings (SSSR count). The molecule has 1 aromatic heterocycles. The fraction of sp³-hybridized carbons (Fsp3) is 0.444. The molecule has 0 saturated heterocycles. The van der Waals surface area contributed by atoms with Gasteiger partial charge in [0.05, 0.1) is 5.69 Å². The van der Waals surface area contributed by atoms with Gasteiger partial charge < -0.3 is 4.98 Å². The molecule has 0 fully saturated rings. The Labute approximate surface area is 144 Å². The first-order valence-electron chi connectivity index (χ1n) is 8.07. The van der Waals surface area contributed by atoms with E-state index in [9.17, 15) is 4.79 Å². The number of halogens is 1. The Morgan fingerprint density at radius 2 is 2.13 bits per heavy atom. The fourth-order valence-corrected chi connectivity index (χ4v) is 4.95. The Morgan fingerprint density at radius 1 is 1.26 bits per heavy atom. The van der Waals surface area contributed by atoms with E-state index in [-0.39, 0.29) is 11.0 Å². The molecule has 2 aromatic rings. The Kier molecular flexibility index (Phi) is 3.77. The van der Waals surface area contributed by atoms with Gasteiger partial charge >= 0.3 is 0 Å². The van der Waals surface area contributed by atoms with Crippen molar-refractivity contribution in [3.8, 4) is 0 Å². The van der Waals surface area contributed by atoms with E-state index in [4.69, 9.17) is 16.6 Å². The van der Waals surface area contributed by atoms with Crippen molar-refractivity contribution in [3.05, 3.63) is 56.0 Å². The molecule has 2 aliphatic carbocycles. The van der Waals surface area contributed by atoms with Gasteiger partial charge in [0.2, 0.25) is 0 Å². The second kappa shape index (κ2) is 5.67. The van der Waals surface area contributed by atoms with Crippen molar-refractivity contribution < 1.29 is 0 Å². The van der Waals surface area contributed by atoms with Crippen LogP contribution in [-0.2, 0) is 24.7 Å². The molecular weight excluding hydrogens is 328 g/mol. The molecule has 1 spiro atoms. The van der Waals surface area contributed by atoms with Crippen LogP contribution in [0.15, 0.2) is 28.2 Å². The quantitative estimate of drug-likeness (QED) is 0.629. The molecular formula is C18H19ClN2OS. The topological polar surface area (TPSA) is 45.8 Å². The fourth-order valence-electron chi connectivity index (χ4n) is 4.29. The number of fused-ring (bicyclic) bond motifs is 3. The summed E-state index contributed by atoms with van der Waals surface area (Å²) in [5.41, 5.74) is 4.69. The Hall–Kier alpha value is -1.26. The van der Waals surface area contributed by atoms with Gasteiger partial charge in [-0.05, 0) is 62.0 Å². The molecule has 1 aromatic carbocycles. The molecule has 0 amide bonds. The summed E-state index contributed by atoms with van der Waals surface area (Å²) >= 11 is 7.93. The lowest BCUT2D eigenvalue weighted by Gasteiger charge is -2.42. The average molecular weight is 347 g/mol. The number of H-pyrrole nitrogens is 1. The molecule has 1 atom stereocenters. The molecule has 5 heteroatoms. The summed E-state index contributed by atoms with van der Waals surface area (Å²) in [5, 5.41) is 1.60. The van der Waals surface area contributed by atoms with Gasteiger partial charge in [0.15, 0.2) is 5.16 Å². The van der Waals surface area contributed by atoms with Gasteiger partial charge in [-0.25, -0.2) is 4.98 Å². The van der Waals surface area contributed by atoms with E-state index >= 15 is 0 Å². The predicted octanol–water partition coefficient (Wildman–Crippen LogP) is 3.91. The van der Waals surface area contributed by atoms with Crippen molar-refractivity contribution in [2.45, 2.75) is 49.1 Å². The highest BCUT2D eigenvalue weighted by Crippen LogP contribution is 2.47. The zero-order valence-electron chi connectivity index (χ0n) is 13.1. The van der Waals surface area contributed by atoms with E-state index in [1.165, 1.54) is 22.9 Å². The van der Waals surface area contributed by atoms with Crippen LogP contribution in [0.2, 0.25) is 5.02 Å². The van der Waals surface area contributed by atoms with Crippen molar-refractivity contribution >= 4 is 23.4 Å². The van der Waals surface area contributed by atoms with Crippen LogP contribution < -0.4 is 5.56 Å². The van der Waals surface area contributed by atoms with Crippen LogP contribution in [0.4, 0.5) is 0 Å². The second-order valence-electron chi connectivity index (χ2n) is 6.58. The number of benzene rings is 1. The van der Waals surface area contributed by atoms with E-state index in [2.05, 4.69) is 17.1 Å². The Balaban J connectivity index is 1.84. The molecule has 120 valence electrons. The SMILES string of the molecule is CSc1nc2c(c(=O)[nH]1)CCC1(CCCc3c(Cl)cccc31)C2. The number of hydrogen-bond acceptors (Lipinski definition) is 3. The summed E-state index contributed by atoms with van der Waals surface area (Å²) in [6, 6.07) is 6.28. The number of thioether (sulfide) groups is 1. The van der Waals surface area contributed by atoms with Crippen LogP contribution in [0.3, 0.4) is 0 Å². The van der Waals surface area contributed by atoms with Gasteiger partial charge in [-0.15, -0.1) is 0 Å². The second-order valence-corrected chi connectivity index (χ2v) is 7.78. The summed E-state index contributed by atoms with van der Waals surface area (Å²) < 4.78 is 0. The molecule has 1 N–H and O–H groups in total. The maximum Gasteiger partial charge on any atom is 0.254 e. The predicted molar refractivity (Wildman–Crippen MR) is 94.7 cm³/mol. The standard InChI is InChI=1S/C18H19ClN2OS/c1-23-17-20-15-10-18(9-7-12(15)16(22)21-17)8-3-4-11-13(18)5-2-6-14(11)19/h2,5-6H,3-4,7-10H2,1H3,(H,20,21,22). The number of nitrogens with one attached hydrogen (secondary N) is 1. The minimum absolute atomic E-state index is 0.0383. The van der Waals surface area contributed by atoms with E-state index in [0.717, 1.165) is 54.8 Å². The maximum absolute atomic E-state index is 12.3. The zero-order valence-corrected chi connectivity index (χ0v) is 14.7. The summed E-state index contributed by atoms with van der Waals surface area (Å²) in [4.78, 5) is 19.9. The van der Waals surface area contributed by atoms with Gasteiger partial charge in [-0.3, -0.25) is 4.79 Å². The molecule has 1 heterocycles. The summed E-state index contributed by atoms with van der Waals surface area (Å²) in [6.07, 6.45) is 7.98. The van der Waals surface area contributed by atoms with E-state index in [1.807, 2.05) is 12.3 Å². The first kappa shape index (κ1) is 15.3. The summed E-state index contributed by atoms with van der Waals surface area (Å²) in [5.74, 6) is 0. The van der Waals surface area contributed by atoms with Crippen LogP contribution in [0.5, 0.6) is 0 Å². The van der Waals surface area contributed by atoms with Gasteiger partial charge in [0.1, 0.15) is 0 Å². The van der Waals surface area contributed by atoms with Gasteiger partial charge in [-0.2, -0.15) is 0 Å². The molecule has 0 aliphatic heterocycles. The summed E-state index contributed by atoms with van der Waals surface area (Å²) in [7, 11) is 0. The van der Waals surface area contributed by atoms with Crippen molar-refractivity contribution in [1.82, 2.24) is 9.97 Å². The number of nitrogens with zero attached hydrogens (tertiary/aromatic N) is 1. The first-order valence-corrected chi connectivity index (χ1v) is 9.67. The molecule has 0 radical (unpaired) electrons. The molecule has 1 unspecified atom stereocenters. The van der Waals surface area contributed by atoms with Gasteiger partial charge in [0.25, 0.3) is 5.56 Å². The number of aromatic amines is 1. The lowest BCUT2D eigenvalue weighted by Crippen LogP contribution is -2.39. The number of hydrogen-bond donors (Lipinski definition) is 1. The van der Waals surface area contributed by atoms with Crippen molar-refractivity contribution in [2.24, 2.45) is 0 Å². The minimum Gasteiger partial charge on any atom is -0.301 e. The smallest absolute Gasteiger partial charge is 0.254 e. The third-order valence-electron chi connectivity index (χ3n) is 5.40. The highest BCUT2D eigenvalue weighted by molar-refractivity contribution is 7.98. The Bertz CT molecular complexity index is 832. The first-order chi connectivity index (χ1) is 11.1. The van der Waals surface area contributed by atoms with Crippen LogP contribution in [0.25, 0.3) is 0 Å². The van der Waals surface area contributed by atoms with Crippen LogP contribution in [0, 0.1) is 0 Å². The van der Waals surface area contributed by atoms with Crippen molar-refractivity contribution in [2.75, 3.05) is 6.26 Å². The monoisotopic (exact) mass is 346 g/mol. The van der Waals surface area contributed by atoms with Crippen LogP contribution in [-0.4, -0.2) is 16.2 Å². The highest BCUT2D eigenvalue weighted by atomic mass is 35.5. The lowest BCUT2D eigenvalue weighted by atomic mass is 9.62. The van der Waals surface area contributed by atoms with Gasteiger partial charge in [-0.1, -0.05) is 35.5 Å². The van der Waals surface area contributed by atoms with E-state index in [0.29, 0.717) is 5.16 Å². The minimum atomic E-state index is 0.0383. The number of rotatable bonds is 1. The average Bonchev–Trinajstić information content (AvgIpc) is 2.55. The van der Waals surface area contributed by atoms with E-state index < -0.39 is 0 Å². The normalized spacial score (nSPS) is 22.7. The van der Waals surface area contributed by atoms with Crippen molar-refractivity contribution in [3.63, 3.8) is 0 Å². The molecule has 0 saturated carbocycles. The summed E-state index contributed by atoms with van der Waals surface area (Å²) in [6.45, 7) is 0. The Morgan fingerprint density at radius 3 is 2.96 bits per heavy atom. The third kappa shape index (κ3) is 2.43. The highest BCUT2D eigenvalue weighted by Gasteiger charge is 2.41. The molecule has 2 aliphatic rings. The molecule has 23 heavy (non-hydrogen) atoms. The molecule has 0 bridgehead atoms. The van der Waals surface area contributed by atoms with Crippen LogP contribution >= 0.6 is 23.4 Å². The number of aromatic nitrogens is 2. The lowest BCUT2D eigenvalue weighted by molar-refractivity contribution is 0.310. The third-order valence-corrected chi connectivity index (χ3v) is 6.34. The largest absolute Gasteiger partial charge is 0.301 e.